The number of rotatable bonds is 2. The highest BCUT2D eigenvalue weighted by molar-refractivity contribution is 9.10. The number of fused-ring (bicyclic) bond motifs is 3. The number of hydrogen-bond donors (Lipinski definition) is 2. The van der Waals surface area contributed by atoms with Crippen molar-refractivity contribution in [2.45, 2.75) is 25.3 Å². The van der Waals surface area contributed by atoms with Gasteiger partial charge in [-0.05, 0) is 49.1 Å². The molecular weight excluding hydrogens is 324 g/mol. The van der Waals surface area contributed by atoms with Crippen molar-refractivity contribution < 1.29 is 0 Å². The van der Waals surface area contributed by atoms with Crippen LogP contribution in [0.3, 0.4) is 0 Å². The van der Waals surface area contributed by atoms with Crippen LogP contribution in [0.25, 0.3) is 10.9 Å². The van der Waals surface area contributed by atoms with Crippen LogP contribution in [-0.4, -0.2) is 4.98 Å². The summed E-state index contributed by atoms with van der Waals surface area (Å²) in [6.45, 7) is 0. The van der Waals surface area contributed by atoms with Gasteiger partial charge < -0.3 is 10.3 Å². The molecule has 0 saturated carbocycles. The highest BCUT2D eigenvalue weighted by Gasteiger charge is 2.24. The number of para-hydroxylation sites is 1. The molecule has 0 amide bonds. The molecule has 21 heavy (non-hydrogen) atoms. The molecule has 0 radical (unpaired) electrons. The summed E-state index contributed by atoms with van der Waals surface area (Å²) >= 11 is 3.56. The number of halogens is 1. The lowest BCUT2D eigenvalue weighted by atomic mass is 9.91. The van der Waals surface area contributed by atoms with Gasteiger partial charge in [0.1, 0.15) is 0 Å². The quantitative estimate of drug-likeness (QED) is 0.640. The first-order valence-electron chi connectivity index (χ1n) is 7.43. The highest BCUT2D eigenvalue weighted by atomic mass is 79.9. The maximum absolute atomic E-state index is 3.67. The number of hydrogen-bond acceptors (Lipinski definition) is 1. The number of H-pyrrole nitrogens is 1. The first-order chi connectivity index (χ1) is 10.3. The van der Waals surface area contributed by atoms with E-state index < -0.39 is 0 Å². The molecule has 2 nitrogen and oxygen atoms in total. The summed E-state index contributed by atoms with van der Waals surface area (Å²) in [5.74, 6) is 0. The molecule has 1 aliphatic rings. The minimum Gasteiger partial charge on any atom is -0.377 e. The van der Waals surface area contributed by atoms with Gasteiger partial charge in [-0.3, -0.25) is 0 Å². The molecule has 0 saturated heterocycles. The Bertz CT molecular complexity index is 777. The van der Waals surface area contributed by atoms with Gasteiger partial charge in [-0.15, -0.1) is 0 Å². The molecule has 0 spiro atoms. The maximum Gasteiger partial charge on any atom is 0.0666 e. The van der Waals surface area contributed by atoms with Crippen LogP contribution in [0.2, 0.25) is 0 Å². The molecule has 1 heterocycles. The number of anilines is 1. The van der Waals surface area contributed by atoms with Gasteiger partial charge in [0.25, 0.3) is 0 Å². The van der Waals surface area contributed by atoms with E-state index in [1.165, 1.54) is 47.1 Å². The summed E-state index contributed by atoms with van der Waals surface area (Å²) in [7, 11) is 0. The van der Waals surface area contributed by atoms with E-state index in [2.05, 4.69) is 74.8 Å². The number of benzene rings is 2. The smallest absolute Gasteiger partial charge is 0.0666 e. The standard InChI is InChI=1S/C18H17BrN2/c19-12-9-10-14-15-7-4-8-16(18(15)21-17(14)11-12)20-13-5-2-1-3-6-13/h1-3,5-6,9-11,16,20-21H,4,7-8H2. The van der Waals surface area contributed by atoms with Crippen molar-refractivity contribution in [1.29, 1.82) is 0 Å². The highest BCUT2D eigenvalue weighted by Crippen LogP contribution is 2.37. The lowest BCUT2D eigenvalue weighted by molar-refractivity contribution is 0.593. The first kappa shape index (κ1) is 13.0. The molecule has 106 valence electrons. The number of nitrogens with one attached hydrogen (secondary N) is 2. The van der Waals surface area contributed by atoms with Crippen LogP contribution in [0.1, 0.15) is 30.1 Å². The molecule has 2 aromatic carbocycles. The topological polar surface area (TPSA) is 27.8 Å². The Kier molecular flexibility index (Phi) is 3.23. The zero-order chi connectivity index (χ0) is 14.2. The fraction of sp³-hybridized carbons (Fsp3) is 0.222. The Balaban J connectivity index is 1.75. The molecule has 1 aliphatic carbocycles. The van der Waals surface area contributed by atoms with Crippen LogP contribution in [0, 0.1) is 0 Å². The van der Waals surface area contributed by atoms with Gasteiger partial charge in [0, 0.05) is 26.8 Å². The predicted octanol–water partition coefficient (Wildman–Crippen LogP) is 5.42. The van der Waals surface area contributed by atoms with Gasteiger partial charge in [-0.2, -0.15) is 0 Å². The zero-order valence-electron chi connectivity index (χ0n) is 11.7. The van der Waals surface area contributed by atoms with E-state index in [0.717, 1.165) is 4.47 Å². The molecule has 1 unspecified atom stereocenters. The molecule has 1 aromatic heterocycles. The SMILES string of the molecule is Brc1ccc2c3c([nH]c2c1)C(Nc1ccccc1)CCC3. The van der Waals surface area contributed by atoms with Crippen molar-refractivity contribution >= 4 is 32.5 Å². The average molecular weight is 341 g/mol. The van der Waals surface area contributed by atoms with Crippen LogP contribution in [-0.2, 0) is 6.42 Å². The lowest BCUT2D eigenvalue weighted by Crippen LogP contribution is -2.17. The minimum atomic E-state index is 0.377. The fourth-order valence-corrected chi connectivity index (χ4v) is 3.68. The monoisotopic (exact) mass is 340 g/mol. The Morgan fingerprint density at radius 2 is 1.95 bits per heavy atom. The molecule has 0 aliphatic heterocycles. The summed E-state index contributed by atoms with van der Waals surface area (Å²) in [6, 6.07) is 17.4. The molecule has 2 N–H and O–H groups in total. The summed E-state index contributed by atoms with van der Waals surface area (Å²) in [6.07, 6.45) is 3.58. The van der Waals surface area contributed by atoms with Crippen molar-refractivity contribution in [3.05, 3.63) is 64.3 Å². The Morgan fingerprint density at radius 1 is 1.10 bits per heavy atom. The number of aryl methyl sites for hydroxylation is 1. The summed E-state index contributed by atoms with van der Waals surface area (Å²) in [5, 5.41) is 5.04. The van der Waals surface area contributed by atoms with Crippen LogP contribution < -0.4 is 5.32 Å². The third-order valence-corrected chi connectivity index (χ3v) is 4.78. The number of aromatic nitrogens is 1. The zero-order valence-corrected chi connectivity index (χ0v) is 13.3. The minimum absolute atomic E-state index is 0.377. The van der Waals surface area contributed by atoms with Gasteiger partial charge >= 0.3 is 0 Å². The van der Waals surface area contributed by atoms with Crippen molar-refractivity contribution in [1.82, 2.24) is 4.98 Å². The molecule has 0 bridgehead atoms. The predicted molar refractivity (Wildman–Crippen MR) is 91.7 cm³/mol. The van der Waals surface area contributed by atoms with E-state index in [-0.39, 0.29) is 0 Å². The lowest BCUT2D eigenvalue weighted by Gasteiger charge is -2.24. The fourth-order valence-electron chi connectivity index (χ4n) is 3.32. The summed E-state index contributed by atoms with van der Waals surface area (Å²) in [5.41, 5.74) is 5.27. The number of aromatic amines is 1. The van der Waals surface area contributed by atoms with Crippen LogP contribution in [0.15, 0.2) is 53.0 Å². The Labute approximate surface area is 132 Å². The molecule has 3 aromatic rings. The largest absolute Gasteiger partial charge is 0.377 e. The van der Waals surface area contributed by atoms with Crippen molar-refractivity contribution in [2.75, 3.05) is 5.32 Å². The van der Waals surface area contributed by atoms with Crippen molar-refractivity contribution in [2.24, 2.45) is 0 Å². The summed E-state index contributed by atoms with van der Waals surface area (Å²) < 4.78 is 1.13. The van der Waals surface area contributed by atoms with E-state index in [9.17, 15) is 0 Å². The van der Waals surface area contributed by atoms with Gasteiger partial charge in [-0.25, -0.2) is 0 Å². The van der Waals surface area contributed by atoms with E-state index in [0.29, 0.717) is 6.04 Å². The molecule has 1 atom stereocenters. The van der Waals surface area contributed by atoms with Gasteiger partial charge in [0.05, 0.1) is 6.04 Å². The second-order valence-corrected chi connectivity index (χ2v) is 6.58. The normalized spacial score (nSPS) is 17.7. The van der Waals surface area contributed by atoms with Crippen LogP contribution in [0.4, 0.5) is 5.69 Å². The third kappa shape index (κ3) is 2.36. The van der Waals surface area contributed by atoms with Crippen LogP contribution >= 0.6 is 15.9 Å². The average Bonchev–Trinajstić information content (AvgIpc) is 2.87. The Morgan fingerprint density at radius 3 is 2.81 bits per heavy atom. The van der Waals surface area contributed by atoms with E-state index >= 15 is 0 Å². The van der Waals surface area contributed by atoms with Gasteiger partial charge in [-0.1, -0.05) is 40.2 Å². The van der Waals surface area contributed by atoms with Crippen molar-refractivity contribution in [3.63, 3.8) is 0 Å². The second-order valence-electron chi connectivity index (χ2n) is 5.66. The van der Waals surface area contributed by atoms with Gasteiger partial charge in [0.15, 0.2) is 0 Å². The molecular formula is C18H17BrN2. The van der Waals surface area contributed by atoms with E-state index in [1.54, 1.807) is 0 Å². The van der Waals surface area contributed by atoms with Crippen LogP contribution in [0.5, 0.6) is 0 Å². The molecule has 3 heteroatoms. The van der Waals surface area contributed by atoms with Gasteiger partial charge in [0.2, 0.25) is 0 Å². The van der Waals surface area contributed by atoms with E-state index in [1.807, 2.05) is 0 Å². The molecule has 0 fully saturated rings. The molecule has 4 rings (SSSR count). The second kappa shape index (κ2) is 5.23. The maximum atomic E-state index is 3.67. The summed E-state index contributed by atoms with van der Waals surface area (Å²) in [4.78, 5) is 3.63. The van der Waals surface area contributed by atoms with Crippen molar-refractivity contribution in [3.8, 4) is 0 Å². The van der Waals surface area contributed by atoms with E-state index in [4.69, 9.17) is 0 Å². The first-order valence-corrected chi connectivity index (χ1v) is 8.22. The third-order valence-electron chi connectivity index (χ3n) is 4.28. The Hall–Kier alpha value is -1.74.